The quantitative estimate of drug-likeness (QED) is 0.385. The highest BCUT2D eigenvalue weighted by atomic mass is 16.1. The van der Waals surface area contributed by atoms with Crippen LogP contribution in [0.2, 0.25) is 0 Å². The Morgan fingerprint density at radius 3 is 2.66 bits per heavy atom. The van der Waals surface area contributed by atoms with Crippen molar-refractivity contribution in [3.8, 4) is 0 Å². The number of benzene rings is 2. The van der Waals surface area contributed by atoms with Gasteiger partial charge in [0.1, 0.15) is 0 Å². The second-order valence-corrected chi connectivity index (χ2v) is 9.73. The molecule has 2 aromatic heterocycles. The lowest BCUT2D eigenvalue weighted by atomic mass is 9.92. The Morgan fingerprint density at radius 2 is 1.89 bits per heavy atom. The molecule has 5 rings (SSSR count). The lowest BCUT2D eigenvalue weighted by molar-refractivity contribution is 0.0844. The molecule has 0 saturated heterocycles. The zero-order chi connectivity index (χ0) is 24.2. The molecule has 0 amide bonds. The summed E-state index contributed by atoms with van der Waals surface area (Å²) in [6.07, 6.45) is 6.88. The van der Waals surface area contributed by atoms with Crippen molar-refractivity contribution in [2.24, 2.45) is 0 Å². The summed E-state index contributed by atoms with van der Waals surface area (Å²) >= 11 is 0. The van der Waals surface area contributed by atoms with Gasteiger partial charge in [-0.15, -0.1) is 5.10 Å². The maximum Gasteiger partial charge on any atom is 0.252 e. The predicted molar refractivity (Wildman–Crippen MR) is 138 cm³/mol. The van der Waals surface area contributed by atoms with Crippen molar-refractivity contribution < 1.29 is 0 Å². The fraction of sp³-hybridized carbons (Fsp3) is 0.429. The van der Waals surface area contributed by atoms with Gasteiger partial charge in [0.05, 0.1) is 18.1 Å². The second kappa shape index (κ2) is 10.5. The number of aryl methyl sites for hydroxylation is 1. The Hall–Kier alpha value is -3.32. The van der Waals surface area contributed by atoms with Gasteiger partial charge >= 0.3 is 0 Å². The fourth-order valence-electron chi connectivity index (χ4n) is 5.53. The molecular weight excluding hydrogens is 436 g/mol. The van der Waals surface area contributed by atoms with E-state index >= 15 is 0 Å². The van der Waals surface area contributed by atoms with Gasteiger partial charge in [0.15, 0.2) is 5.82 Å². The Bertz CT molecular complexity index is 1320. The van der Waals surface area contributed by atoms with Gasteiger partial charge in [-0.3, -0.25) is 9.69 Å². The van der Waals surface area contributed by atoms with Crippen molar-refractivity contribution in [3.63, 3.8) is 0 Å². The maximum absolute atomic E-state index is 13.2. The highest BCUT2D eigenvalue weighted by Crippen LogP contribution is 2.33. The molecule has 0 aliphatic heterocycles. The highest BCUT2D eigenvalue weighted by Gasteiger charge is 2.32. The van der Waals surface area contributed by atoms with E-state index in [1.165, 1.54) is 24.8 Å². The topological polar surface area (TPSA) is 79.7 Å². The number of fused-ring (bicyclic) bond motifs is 1. The molecule has 1 fully saturated rings. The predicted octanol–water partition coefficient (Wildman–Crippen LogP) is 5.16. The van der Waals surface area contributed by atoms with E-state index in [0.717, 1.165) is 47.1 Å². The van der Waals surface area contributed by atoms with Crippen LogP contribution in [-0.4, -0.2) is 36.1 Å². The minimum atomic E-state index is -0.00802. The third-order valence-electron chi connectivity index (χ3n) is 7.38. The molecule has 1 N–H and O–H groups in total. The Balaban J connectivity index is 1.51. The van der Waals surface area contributed by atoms with E-state index in [4.69, 9.17) is 0 Å². The van der Waals surface area contributed by atoms with Gasteiger partial charge in [0.25, 0.3) is 5.56 Å². The van der Waals surface area contributed by atoms with E-state index in [2.05, 4.69) is 56.6 Å². The molecule has 1 aliphatic carbocycles. The van der Waals surface area contributed by atoms with Gasteiger partial charge < -0.3 is 4.98 Å². The van der Waals surface area contributed by atoms with Gasteiger partial charge in [0, 0.05) is 18.2 Å². The standard InChI is InChI=1S/C28H34N6O/c1-3-25(27-30-31-32-34(27)18-21-12-6-4-7-13-21)33(24-15-8-5-9-16-24)19-23-17-22-14-10-11-20(2)26(22)29-28(23)35/h4,6-7,10-14,17,24-25H,3,5,8-9,15-16,18-19H2,1-2H3,(H,29,35)/t25-/m0/s1. The number of H-pyrrole nitrogens is 1. The van der Waals surface area contributed by atoms with Crippen molar-refractivity contribution in [1.29, 1.82) is 0 Å². The molecule has 7 nitrogen and oxygen atoms in total. The molecule has 2 aromatic carbocycles. The number of nitrogens with one attached hydrogen (secondary N) is 1. The average Bonchev–Trinajstić information content (AvgIpc) is 3.33. The molecular formula is C28H34N6O. The third kappa shape index (κ3) is 5.05. The van der Waals surface area contributed by atoms with Gasteiger partial charge in [-0.25, -0.2) is 4.68 Å². The zero-order valence-corrected chi connectivity index (χ0v) is 20.7. The first-order valence-corrected chi connectivity index (χ1v) is 12.8. The van der Waals surface area contributed by atoms with Crippen LogP contribution in [0, 0.1) is 6.92 Å². The van der Waals surface area contributed by atoms with Crippen molar-refractivity contribution in [2.75, 3.05) is 0 Å². The van der Waals surface area contributed by atoms with E-state index in [1.807, 2.05) is 41.9 Å². The van der Waals surface area contributed by atoms with Crippen molar-refractivity contribution in [3.05, 3.63) is 87.5 Å². The number of hydrogen-bond donors (Lipinski definition) is 1. The summed E-state index contributed by atoms with van der Waals surface area (Å²) in [4.78, 5) is 18.8. The first kappa shape index (κ1) is 23.4. The average molecular weight is 471 g/mol. The van der Waals surface area contributed by atoms with E-state index in [0.29, 0.717) is 19.1 Å². The van der Waals surface area contributed by atoms with Crippen LogP contribution >= 0.6 is 0 Å². The van der Waals surface area contributed by atoms with Crippen molar-refractivity contribution in [1.82, 2.24) is 30.1 Å². The molecule has 1 atom stereocenters. The number of aromatic nitrogens is 5. The van der Waals surface area contributed by atoms with Crippen LogP contribution in [0.4, 0.5) is 0 Å². The zero-order valence-electron chi connectivity index (χ0n) is 20.7. The fourth-order valence-corrected chi connectivity index (χ4v) is 5.53. The van der Waals surface area contributed by atoms with Crippen molar-refractivity contribution in [2.45, 2.75) is 77.5 Å². The van der Waals surface area contributed by atoms with Gasteiger partial charge in [-0.2, -0.15) is 0 Å². The Morgan fingerprint density at radius 1 is 1.09 bits per heavy atom. The van der Waals surface area contributed by atoms with Gasteiger partial charge in [-0.05, 0) is 59.2 Å². The van der Waals surface area contributed by atoms with Crippen molar-refractivity contribution >= 4 is 10.9 Å². The molecule has 1 saturated carbocycles. The monoisotopic (exact) mass is 470 g/mol. The van der Waals surface area contributed by atoms with E-state index in [9.17, 15) is 4.79 Å². The second-order valence-electron chi connectivity index (χ2n) is 9.73. The molecule has 7 heteroatoms. The maximum atomic E-state index is 13.2. The lowest BCUT2D eigenvalue weighted by Gasteiger charge is -2.39. The van der Waals surface area contributed by atoms with Crippen LogP contribution in [0.3, 0.4) is 0 Å². The van der Waals surface area contributed by atoms with Crippen LogP contribution in [0.5, 0.6) is 0 Å². The summed E-state index contributed by atoms with van der Waals surface area (Å²) in [5.41, 5.74) is 3.97. The summed E-state index contributed by atoms with van der Waals surface area (Å²) in [5, 5.41) is 14.0. The van der Waals surface area contributed by atoms with Crippen LogP contribution in [0.1, 0.15) is 74.0 Å². The molecule has 182 valence electrons. The summed E-state index contributed by atoms with van der Waals surface area (Å²) < 4.78 is 1.92. The smallest absolute Gasteiger partial charge is 0.252 e. The molecule has 4 aromatic rings. The molecule has 0 unspecified atom stereocenters. The van der Waals surface area contributed by atoms with E-state index in [1.54, 1.807) is 0 Å². The van der Waals surface area contributed by atoms with Gasteiger partial charge in [0.2, 0.25) is 0 Å². The number of nitrogens with zero attached hydrogens (tertiary/aromatic N) is 5. The largest absolute Gasteiger partial charge is 0.321 e. The molecule has 0 bridgehead atoms. The summed E-state index contributed by atoms with van der Waals surface area (Å²) in [6, 6.07) is 19.0. The normalized spacial score (nSPS) is 15.6. The number of pyridine rings is 1. The first-order chi connectivity index (χ1) is 17.1. The number of hydrogen-bond acceptors (Lipinski definition) is 5. The molecule has 0 spiro atoms. The van der Waals surface area contributed by atoms with Crippen LogP contribution in [0.15, 0.2) is 59.4 Å². The van der Waals surface area contributed by atoms with Gasteiger partial charge in [-0.1, -0.05) is 74.7 Å². The summed E-state index contributed by atoms with van der Waals surface area (Å²) in [5.74, 6) is 0.870. The Kier molecular flexibility index (Phi) is 7.04. The minimum Gasteiger partial charge on any atom is -0.321 e. The van der Waals surface area contributed by atoms with Crippen LogP contribution in [-0.2, 0) is 13.1 Å². The lowest BCUT2D eigenvalue weighted by Crippen LogP contribution is -2.41. The number of rotatable bonds is 8. The molecule has 2 heterocycles. The first-order valence-electron chi connectivity index (χ1n) is 12.8. The minimum absolute atomic E-state index is 0.00802. The molecule has 35 heavy (non-hydrogen) atoms. The number of aromatic amines is 1. The Labute approximate surface area is 206 Å². The molecule has 1 aliphatic rings. The number of para-hydroxylation sites is 1. The van der Waals surface area contributed by atoms with Crippen LogP contribution < -0.4 is 5.56 Å². The van der Waals surface area contributed by atoms with E-state index in [-0.39, 0.29) is 11.6 Å². The molecule has 0 radical (unpaired) electrons. The van der Waals surface area contributed by atoms with E-state index < -0.39 is 0 Å². The SMILES string of the molecule is CC[C@@H](c1nnnn1Cc1ccccc1)N(Cc1cc2cccc(C)c2[nH]c1=O)C1CCCCC1. The highest BCUT2D eigenvalue weighted by molar-refractivity contribution is 5.81. The summed E-state index contributed by atoms with van der Waals surface area (Å²) in [6.45, 7) is 5.44. The third-order valence-corrected chi connectivity index (χ3v) is 7.38. The number of tetrazole rings is 1. The summed E-state index contributed by atoms with van der Waals surface area (Å²) in [7, 11) is 0. The van der Waals surface area contributed by atoms with Crippen LogP contribution in [0.25, 0.3) is 10.9 Å².